The Morgan fingerprint density at radius 2 is 1.97 bits per heavy atom. The number of hydrogen-bond acceptors (Lipinski definition) is 8. The molecule has 36 heavy (non-hydrogen) atoms. The van der Waals surface area contributed by atoms with Crippen LogP contribution in [0.15, 0.2) is 30.5 Å². The van der Waals surface area contributed by atoms with E-state index in [1.54, 1.807) is 26.0 Å². The largest absolute Gasteiger partial charge is 0.463 e. The number of carbonyl (C=O) groups excluding carboxylic acids is 1. The Balaban J connectivity index is 1.68. The van der Waals surface area contributed by atoms with Gasteiger partial charge in [0.05, 0.1) is 29.3 Å². The number of nitro benzene ring substituents is 1. The fraction of sp³-hybridized carbons (Fsp3) is 0.417. The predicted octanol–water partition coefficient (Wildman–Crippen LogP) is 5.23. The summed E-state index contributed by atoms with van der Waals surface area (Å²) in [5.74, 6) is 0.577. The Kier molecular flexibility index (Phi) is 6.07. The Hall–Kier alpha value is -4.22. The summed E-state index contributed by atoms with van der Waals surface area (Å²) < 4.78 is 6.36. The average Bonchev–Trinajstić information content (AvgIpc) is 3.28. The molecule has 1 aromatic carbocycles. The third kappa shape index (κ3) is 4.53. The van der Waals surface area contributed by atoms with E-state index in [0.29, 0.717) is 34.3 Å². The number of non-ortho nitro benzene ring substituents is 1. The van der Waals surface area contributed by atoms with Crippen LogP contribution in [0.25, 0.3) is 10.8 Å². The first-order valence-corrected chi connectivity index (χ1v) is 11.4. The molecule has 0 fully saturated rings. The van der Waals surface area contributed by atoms with Crippen LogP contribution in [0.5, 0.6) is 0 Å². The highest BCUT2D eigenvalue weighted by molar-refractivity contribution is 5.94. The van der Waals surface area contributed by atoms with Crippen LogP contribution in [0.4, 0.5) is 26.9 Å². The molecule has 0 bridgehead atoms. The van der Waals surface area contributed by atoms with Gasteiger partial charge in [0, 0.05) is 29.3 Å². The standard InChI is InChI=1S/C24H28N6O6/c1-23(2,3)9-11-36-22(33)28-13-17-18(24(28,4)5)29(21(31)32)27-20(17)26-19-16-7-6-15(30(34)35)12-14(16)8-10-25-19/h6-8,10,12H,9,11,13H2,1-5H3,(H,31,32)(H,25,26,27). The molecule has 12 heteroatoms. The van der Waals surface area contributed by atoms with Crippen molar-refractivity contribution in [2.75, 3.05) is 11.9 Å². The molecule has 1 amide bonds. The van der Waals surface area contributed by atoms with Gasteiger partial charge in [-0.2, -0.15) is 4.68 Å². The number of nitrogens with zero attached hydrogens (tertiary/aromatic N) is 5. The van der Waals surface area contributed by atoms with E-state index >= 15 is 0 Å². The number of amides is 1. The van der Waals surface area contributed by atoms with Crippen molar-refractivity contribution >= 4 is 40.3 Å². The molecule has 2 aromatic heterocycles. The fourth-order valence-electron chi connectivity index (χ4n) is 4.26. The molecule has 3 heterocycles. The van der Waals surface area contributed by atoms with Crippen LogP contribution in [0.1, 0.15) is 52.3 Å². The van der Waals surface area contributed by atoms with E-state index in [1.807, 2.05) is 0 Å². The lowest BCUT2D eigenvalue weighted by Gasteiger charge is -2.32. The van der Waals surface area contributed by atoms with Gasteiger partial charge in [-0.05, 0) is 43.2 Å². The molecule has 0 unspecified atom stereocenters. The van der Waals surface area contributed by atoms with Crippen LogP contribution >= 0.6 is 0 Å². The third-order valence-electron chi connectivity index (χ3n) is 6.23. The lowest BCUT2D eigenvalue weighted by atomic mass is 9.93. The smallest absolute Gasteiger partial charge is 0.432 e. The number of anilines is 2. The molecule has 2 N–H and O–H groups in total. The third-order valence-corrected chi connectivity index (χ3v) is 6.23. The summed E-state index contributed by atoms with van der Waals surface area (Å²) in [5, 5.41) is 29.5. The van der Waals surface area contributed by atoms with Gasteiger partial charge in [0.25, 0.3) is 5.69 Å². The van der Waals surface area contributed by atoms with Gasteiger partial charge in [-0.1, -0.05) is 20.8 Å². The van der Waals surface area contributed by atoms with Crippen molar-refractivity contribution in [3.8, 4) is 0 Å². The molecular weight excluding hydrogens is 468 g/mol. The van der Waals surface area contributed by atoms with Gasteiger partial charge in [0.15, 0.2) is 5.82 Å². The minimum atomic E-state index is -1.29. The van der Waals surface area contributed by atoms with Crippen molar-refractivity contribution in [1.29, 1.82) is 0 Å². The number of nitro groups is 1. The summed E-state index contributed by atoms with van der Waals surface area (Å²) in [4.78, 5) is 41.5. The molecule has 1 aliphatic rings. The predicted molar refractivity (Wildman–Crippen MR) is 131 cm³/mol. The van der Waals surface area contributed by atoms with E-state index in [2.05, 4.69) is 36.2 Å². The Morgan fingerprint density at radius 3 is 2.61 bits per heavy atom. The second-order valence-corrected chi connectivity index (χ2v) is 10.4. The molecule has 12 nitrogen and oxygen atoms in total. The number of pyridine rings is 1. The number of rotatable bonds is 5. The zero-order valence-electron chi connectivity index (χ0n) is 20.7. The second-order valence-electron chi connectivity index (χ2n) is 10.4. The number of hydrogen-bond donors (Lipinski definition) is 2. The lowest BCUT2D eigenvalue weighted by molar-refractivity contribution is -0.384. The normalized spacial score (nSPS) is 14.5. The maximum Gasteiger partial charge on any atom is 0.432 e. The molecule has 0 aliphatic carbocycles. The maximum atomic E-state index is 13.0. The Morgan fingerprint density at radius 1 is 1.25 bits per heavy atom. The first-order valence-electron chi connectivity index (χ1n) is 11.4. The molecule has 1 aliphatic heterocycles. The first kappa shape index (κ1) is 24.9. The minimum Gasteiger partial charge on any atom is -0.463 e. The van der Waals surface area contributed by atoms with Crippen LogP contribution in [0.2, 0.25) is 0 Å². The van der Waals surface area contributed by atoms with Crippen LogP contribution in [-0.2, 0) is 16.8 Å². The summed E-state index contributed by atoms with van der Waals surface area (Å²) in [7, 11) is 0. The van der Waals surface area contributed by atoms with Crippen molar-refractivity contribution in [2.45, 2.75) is 53.1 Å². The van der Waals surface area contributed by atoms with Gasteiger partial charge >= 0.3 is 12.2 Å². The van der Waals surface area contributed by atoms with Crippen LogP contribution in [0.3, 0.4) is 0 Å². The molecule has 4 rings (SSSR count). The fourth-order valence-corrected chi connectivity index (χ4v) is 4.26. The van der Waals surface area contributed by atoms with E-state index in [0.717, 1.165) is 4.68 Å². The van der Waals surface area contributed by atoms with Crippen molar-refractivity contribution in [3.05, 3.63) is 51.8 Å². The van der Waals surface area contributed by atoms with Crippen LogP contribution < -0.4 is 5.32 Å². The van der Waals surface area contributed by atoms with Gasteiger partial charge < -0.3 is 15.2 Å². The zero-order valence-corrected chi connectivity index (χ0v) is 20.7. The molecule has 0 saturated heterocycles. The van der Waals surface area contributed by atoms with Gasteiger partial charge in [-0.25, -0.2) is 14.6 Å². The van der Waals surface area contributed by atoms with Crippen molar-refractivity contribution in [3.63, 3.8) is 0 Å². The molecule has 0 spiro atoms. The van der Waals surface area contributed by atoms with Crippen molar-refractivity contribution in [1.82, 2.24) is 19.7 Å². The van der Waals surface area contributed by atoms with Gasteiger partial charge in [0.2, 0.25) is 0 Å². The number of aromatic nitrogens is 3. The number of ether oxygens (including phenoxy) is 1. The quantitative estimate of drug-likeness (QED) is 0.357. The average molecular weight is 497 g/mol. The summed E-state index contributed by atoms with van der Waals surface area (Å²) in [6.45, 7) is 9.96. The molecule has 0 saturated carbocycles. The number of fused-ring (bicyclic) bond motifs is 2. The second kappa shape index (κ2) is 8.77. The van der Waals surface area contributed by atoms with E-state index in [1.165, 1.54) is 23.2 Å². The van der Waals surface area contributed by atoms with Gasteiger partial charge in [-0.15, -0.1) is 5.10 Å². The zero-order chi connectivity index (χ0) is 26.4. The van der Waals surface area contributed by atoms with E-state index < -0.39 is 22.6 Å². The highest BCUT2D eigenvalue weighted by Crippen LogP contribution is 2.43. The van der Waals surface area contributed by atoms with E-state index in [9.17, 15) is 24.8 Å². The number of nitrogens with one attached hydrogen (secondary N) is 1. The molecule has 0 atom stereocenters. The Bertz CT molecular complexity index is 1370. The highest BCUT2D eigenvalue weighted by atomic mass is 16.6. The maximum absolute atomic E-state index is 13.0. The first-order chi connectivity index (χ1) is 16.8. The van der Waals surface area contributed by atoms with Gasteiger partial charge in [0.1, 0.15) is 5.82 Å². The van der Waals surface area contributed by atoms with Crippen molar-refractivity contribution < 1.29 is 24.4 Å². The number of benzene rings is 1. The number of carbonyl (C=O) groups is 2. The molecular formula is C24H28N6O6. The molecule has 190 valence electrons. The summed E-state index contributed by atoms with van der Waals surface area (Å²) in [6.07, 6.45) is 0.336. The minimum absolute atomic E-state index is 0.00342. The summed E-state index contributed by atoms with van der Waals surface area (Å²) >= 11 is 0. The monoisotopic (exact) mass is 496 g/mol. The van der Waals surface area contributed by atoms with Crippen LogP contribution in [0, 0.1) is 15.5 Å². The highest BCUT2D eigenvalue weighted by Gasteiger charge is 2.47. The summed E-state index contributed by atoms with van der Waals surface area (Å²) in [6, 6.07) is 6.01. The topological polar surface area (TPSA) is 153 Å². The number of carboxylic acid groups (broad SMARTS) is 1. The summed E-state index contributed by atoms with van der Waals surface area (Å²) in [5.41, 5.74) is -0.196. The molecule has 0 radical (unpaired) electrons. The van der Waals surface area contributed by atoms with Crippen LogP contribution in [-0.4, -0.2) is 48.5 Å². The van der Waals surface area contributed by atoms with E-state index in [-0.39, 0.29) is 30.1 Å². The SMILES string of the molecule is CC(C)(C)CCOC(=O)N1Cc2c(Nc3nccc4cc([N+](=O)[O-])ccc34)nn(C(=O)O)c2C1(C)C. The van der Waals surface area contributed by atoms with Gasteiger partial charge in [-0.3, -0.25) is 15.0 Å². The lowest BCUT2D eigenvalue weighted by Crippen LogP contribution is -2.42. The Labute approximate surface area is 207 Å². The van der Waals surface area contributed by atoms with E-state index in [4.69, 9.17) is 4.74 Å². The van der Waals surface area contributed by atoms with Crippen molar-refractivity contribution in [2.24, 2.45) is 5.41 Å². The molecule has 3 aromatic rings.